The highest BCUT2D eigenvalue weighted by atomic mass is 79.9. The molecule has 0 aliphatic carbocycles. The van der Waals surface area contributed by atoms with Crippen molar-refractivity contribution in [2.45, 2.75) is 25.5 Å². The molecule has 2 rings (SSSR count). The standard InChI is InChI=1S/C14H21BrN2O2/c15-14-11(2-1-3-13(14)16)10-17-6-4-12(5-7-17)19-9-8-18/h1-3,12,18H,4-10,16H2. The lowest BCUT2D eigenvalue weighted by atomic mass is 10.1. The minimum atomic E-state index is 0.108. The number of piperidine rings is 1. The average Bonchev–Trinajstić information content (AvgIpc) is 2.43. The number of ether oxygens (including phenoxy) is 1. The van der Waals surface area contributed by atoms with E-state index in [2.05, 4.69) is 26.9 Å². The summed E-state index contributed by atoms with van der Waals surface area (Å²) >= 11 is 3.55. The van der Waals surface area contributed by atoms with E-state index in [-0.39, 0.29) is 6.61 Å². The number of rotatable bonds is 5. The zero-order valence-corrected chi connectivity index (χ0v) is 12.6. The summed E-state index contributed by atoms with van der Waals surface area (Å²) in [5, 5.41) is 8.75. The number of nitrogens with two attached hydrogens (primary N) is 1. The molecule has 1 fully saturated rings. The van der Waals surface area contributed by atoms with Crippen LogP contribution in [0, 0.1) is 0 Å². The van der Waals surface area contributed by atoms with Crippen LogP contribution in [0.3, 0.4) is 0 Å². The highest BCUT2D eigenvalue weighted by Gasteiger charge is 2.20. The van der Waals surface area contributed by atoms with Gasteiger partial charge in [-0.3, -0.25) is 4.90 Å². The van der Waals surface area contributed by atoms with Gasteiger partial charge in [-0.15, -0.1) is 0 Å². The van der Waals surface area contributed by atoms with Crippen molar-refractivity contribution in [2.75, 3.05) is 32.0 Å². The van der Waals surface area contributed by atoms with Gasteiger partial charge in [0.2, 0.25) is 0 Å². The third kappa shape index (κ3) is 4.18. The first-order chi connectivity index (χ1) is 9.20. The molecule has 0 atom stereocenters. The predicted molar refractivity (Wildman–Crippen MR) is 79.9 cm³/mol. The second-order valence-electron chi connectivity index (χ2n) is 4.89. The van der Waals surface area contributed by atoms with E-state index in [0.717, 1.165) is 42.6 Å². The molecule has 0 spiro atoms. The van der Waals surface area contributed by atoms with Gasteiger partial charge in [0, 0.05) is 29.8 Å². The molecule has 1 aromatic carbocycles. The number of hydrogen-bond acceptors (Lipinski definition) is 4. The van der Waals surface area contributed by atoms with Gasteiger partial charge >= 0.3 is 0 Å². The fraction of sp³-hybridized carbons (Fsp3) is 0.571. The summed E-state index contributed by atoms with van der Waals surface area (Å²) in [6.07, 6.45) is 2.35. The molecule has 0 amide bonds. The van der Waals surface area contributed by atoms with Crippen molar-refractivity contribution in [3.63, 3.8) is 0 Å². The summed E-state index contributed by atoms with van der Waals surface area (Å²) in [6, 6.07) is 6.00. The van der Waals surface area contributed by atoms with Crippen molar-refractivity contribution >= 4 is 21.6 Å². The van der Waals surface area contributed by atoms with Crippen LogP contribution in [0.15, 0.2) is 22.7 Å². The van der Waals surface area contributed by atoms with Crippen molar-refractivity contribution in [1.29, 1.82) is 0 Å². The van der Waals surface area contributed by atoms with E-state index >= 15 is 0 Å². The Morgan fingerprint density at radius 2 is 2.11 bits per heavy atom. The van der Waals surface area contributed by atoms with E-state index in [9.17, 15) is 0 Å². The normalized spacial score (nSPS) is 17.8. The summed E-state index contributed by atoms with van der Waals surface area (Å²) in [7, 11) is 0. The van der Waals surface area contributed by atoms with Gasteiger partial charge in [0.05, 0.1) is 19.3 Å². The van der Waals surface area contributed by atoms with E-state index in [1.165, 1.54) is 5.56 Å². The number of anilines is 1. The Labute approximate surface area is 122 Å². The van der Waals surface area contributed by atoms with Crippen molar-refractivity contribution in [1.82, 2.24) is 4.90 Å². The highest BCUT2D eigenvalue weighted by Crippen LogP contribution is 2.26. The van der Waals surface area contributed by atoms with Gasteiger partial charge in [-0.2, -0.15) is 0 Å². The van der Waals surface area contributed by atoms with Crippen LogP contribution in [0.5, 0.6) is 0 Å². The molecule has 3 N–H and O–H groups in total. The fourth-order valence-corrected chi connectivity index (χ4v) is 2.81. The number of benzene rings is 1. The Morgan fingerprint density at radius 1 is 1.37 bits per heavy atom. The lowest BCUT2D eigenvalue weighted by Crippen LogP contribution is -2.37. The topological polar surface area (TPSA) is 58.7 Å². The van der Waals surface area contributed by atoms with E-state index in [4.69, 9.17) is 15.6 Å². The SMILES string of the molecule is Nc1cccc(CN2CCC(OCCO)CC2)c1Br. The molecule has 0 unspecified atom stereocenters. The van der Waals surface area contributed by atoms with Gasteiger partial charge in [-0.1, -0.05) is 12.1 Å². The smallest absolute Gasteiger partial charge is 0.0701 e. The van der Waals surface area contributed by atoms with E-state index in [1.807, 2.05) is 12.1 Å². The van der Waals surface area contributed by atoms with Gasteiger partial charge in [0.25, 0.3) is 0 Å². The molecule has 0 radical (unpaired) electrons. The summed E-state index contributed by atoms with van der Waals surface area (Å²) in [4.78, 5) is 2.42. The molecular weight excluding hydrogens is 308 g/mol. The van der Waals surface area contributed by atoms with Crippen LogP contribution in [0.4, 0.5) is 5.69 Å². The van der Waals surface area contributed by atoms with Crippen molar-refractivity contribution in [3.05, 3.63) is 28.2 Å². The summed E-state index contributed by atoms with van der Waals surface area (Å²) in [6.45, 7) is 3.52. The predicted octanol–water partition coefficient (Wildman–Crippen LogP) is 2.00. The van der Waals surface area contributed by atoms with E-state index in [0.29, 0.717) is 12.7 Å². The molecule has 0 aromatic heterocycles. The summed E-state index contributed by atoms with van der Waals surface area (Å²) in [5.41, 5.74) is 7.92. The Kier molecular flexibility index (Phi) is 5.63. The van der Waals surface area contributed by atoms with Crippen LogP contribution in [0.1, 0.15) is 18.4 Å². The summed E-state index contributed by atoms with van der Waals surface area (Å²) < 4.78 is 6.58. The molecule has 1 heterocycles. The van der Waals surface area contributed by atoms with Gasteiger partial charge in [0.1, 0.15) is 0 Å². The first-order valence-corrected chi connectivity index (χ1v) is 7.47. The maximum atomic E-state index is 8.75. The molecule has 4 nitrogen and oxygen atoms in total. The second-order valence-corrected chi connectivity index (χ2v) is 5.68. The third-order valence-electron chi connectivity index (χ3n) is 3.48. The van der Waals surface area contributed by atoms with Gasteiger partial charge < -0.3 is 15.6 Å². The molecule has 1 aliphatic heterocycles. The Bertz CT molecular complexity index is 406. The molecule has 19 heavy (non-hydrogen) atoms. The zero-order chi connectivity index (χ0) is 13.7. The maximum absolute atomic E-state index is 8.75. The lowest BCUT2D eigenvalue weighted by Gasteiger charge is -2.32. The fourth-order valence-electron chi connectivity index (χ4n) is 2.42. The van der Waals surface area contributed by atoms with Gasteiger partial charge in [-0.25, -0.2) is 0 Å². The van der Waals surface area contributed by atoms with Crippen LogP contribution >= 0.6 is 15.9 Å². The molecule has 1 aromatic rings. The number of nitrogen functional groups attached to an aromatic ring is 1. The number of nitrogens with zero attached hydrogens (tertiary/aromatic N) is 1. The molecule has 5 heteroatoms. The van der Waals surface area contributed by atoms with E-state index < -0.39 is 0 Å². The lowest BCUT2D eigenvalue weighted by molar-refractivity contribution is -0.00903. The quantitative estimate of drug-likeness (QED) is 0.812. The minimum Gasteiger partial charge on any atom is -0.398 e. The monoisotopic (exact) mass is 328 g/mol. The van der Waals surface area contributed by atoms with Crippen molar-refractivity contribution in [3.8, 4) is 0 Å². The van der Waals surface area contributed by atoms with Crippen LogP contribution in [0.2, 0.25) is 0 Å². The van der Waals surface area contributed by atoms with E-state index in [1.54, 1.807) is 0 Å². The van der Waals surface area contributed by atoms with Gasteiger partial charge in [0.15, 0.2) is 0 Å². The molecular formula is C14H21BrN2O2. The van der Waals surface area contributed by atoms with Gasteiger partial charge in [-0.05, 0) is 40.4 Å². The Balaban J connectivity index is 1.84. The van der Waals surface area contributed by atoms with Crippen molar-refractivity contribution < 1.29 is 9.84 Å². The molecule has 0 saturated carbocycles. The molecule has 0 bridgehead atoms. The second kappa shape index (κ2) is 7.24. The van der Waals surface area contributed by atoms with Crippen LogP contribution < -0.4 is 5.73 Å². The zero-order valence-electron chi connectivity index (χ0n) is 11.0. The molecule has 1 aliphatic rings. The van der Waals surface area contributed by atoms with Crippen LogP contribution in [0.25, 0.3) is 0 Å². The molecule has 1 saturated heterocycles. The first kappa shape index (κ1) is 14.8. The Hall–Kier alpha value is -0.620. The average molecular weight is 329 g/mol. The van der Waals surface area contributed by atoms with Crippen molar-refractivity contribution in [2.24, 2.45) is 0 Å². The number of aliphatic hydroxyl groups is 1. The highest BCUT2D eigenvalue weighted by molar-refractivity contribution is 9.10. The Morgan fingerprint density at radius 3 is 2.79 bits per heavy atom. The molecule has 106 valence electrons. The van der Waals surface area contributed by atoms with Crippen LogP contribution in [-0.2, 0) is 11.3 Å². The number of aliphatic hydroxyl groups excluding tert-OH is 1. The first-order valence-electron chi connectivity index (χ1n) is 6.68. The number of hydrogen-bond donors (Lipinski definition) is 2. The minimum absolute atomic E-state index is 0.108. The maximum Gasteiger partial charge on any atom is 0.0701 e. The third-order valence-corrected chi connectivity index (χ3v) is 4.45. The summed E-state index contributed by atoms with van der Waals surface area (Å²) in [5.74, 6) is 0. The van der Waals surface area contributed by atoms with Crippen LogP contribution in [-0.4, -0.2) is 42.4 Å². The number of halogens is 1. The number of likely N-dealkylation sites (tertiary alicyclic amines) is 1. The largest absolute Gasteiger partial charge is 0.398 e.